The van der Waals surface area contributed by atoms with Crippen LogP contribution in [0.3, 0.4) is 0 Å². The normalized spacial score (nSPS) is 13.9. The Morgan fingerprint density at radius 3 is 2.26 bits per heavy atom. The van der Waals surface area contributed by atoms with E-state index in [2.05, 4.69) is 5.32 Å². The molecule has 1 fully saturated rings. The van der Waals surface area contributed by atoms with Gasteiger partial charge in [-0.05, 0) is 60.9 Å². The van der Waals surface area contributed by atoms with Crippen molar-refractivity contribution in [1.82, 2.24) is 4.90 Å². The molecule has 0 spiro atoms. The number of halogens is 2. The van der Waals surface area contributed by atoms with Gasteiger partial charge in [-0.1, -0.05) is 12.1 Å². The zero-order chi connectivity index (χ0) is 24.9. The fourth-order valence-electron chi connectivity index (χ4n) is 4.20. The highest BCUT2D eigenvalue weighted by Crippen LogP contribution is 2.34. The lowest BCUT2D eigenvalue weighted by Gasteiger charge is -2.31. The molecule has 0 atom stereocenters. The average molecular weight is 481 g/mol. The number of nitrogens with zero attached hydrogens (tertiary/aromatic N) is 1. The molecule has 0 aromatic heterocycles. The number of ether oxygens (including phenoxy) is 2. The van der Waals surface area contributed by atoms with Crippen LogP contribution in [-0.4, -0.2) is 44.0 Å². The number of rotatable bonds is 6. The van der Waals surface area contributed by atoms with Crippen LogP contribution in [0.25, 0.3) is 11.1 Å². The summed E-state index contributed by atoms with van der Waals surface area (Å²) in [6.07, 6.45) is 0.893. The summed E-state index contributed by atoms with van der Waals surface area (Å²) in [6, 6.07) is 15.9. The van der Waals surface area contributed by atoms with Gasteiger partial charge >= 0.3 is 0 Å². The first-order valence-electron chi connectivity index (χ1n) is 11.3. The molecule has 6 nitrogen and oxygen atoms in total. The zero-order valence-corrected chi connectivity index (χ0v) is 19.5. The predicted octanol–water partition coefficient (Wildman–Crippen LogP) is 5.14. The molecule has 1 saturated heterocycles. The first-order chi connectivity index (χ1) is 16.9. The number of hydrogen-bond acceptors (Lipinski definition) is 4. The molecule has 0 bridgehead atoms. The van der Waals surface area contributed by atoms with Crippen molar-refractivity contribution in [2.75, 3.05) is 32.6 Å². The molecule has 35 heavy (non-hydrogen) atoms. The topological polar surface area (TPSA) is 67.9 Å². The van der Waals surface area contributed by atoms with E-state index in [1.54, 1.807) is 26.4 Å². The third-order valence-electron chi connectivity index (χ3n) is 6.18. The summed E-state index contributed by atoms with van der Waals surface area (Å²) in [6.45, 7) is 0.626. The maximum atomic E-state index is 14.0. The summed E-state index contributed by atoms with van der Waals surface area (Å²) in [7, 11) is 3.20. The van der Waals surface area contributed by atoms with Gasteiger partial charge in [-0.2, -0.15) is 0 Å². The Bertz CT molecular complexity index is 1220. The van der Waals surface area contributed by atoms with Crippen molar-refractivity contribution >= 4 is 17.5 Å². The summed E-state index contributed by atoms with van der Waals surface area (Å²) in [5.41, 5.74) is 2.21. The van der Waals surface area contributed by atoms with Gasteiger partial charge in [0.1, 0.15) is 23.1 Å². The highest BCUT2D eigenvalue weighted by atomic mass is 19.1. The minimum absolute atomic E-state index is 0.143. The van der Waals surface area contributed by atoms with Crippen molar-refractivity contribution in [3.8, 4) is 22.6 Å². The average Bonchev–Trinajstić information content (AvgIpc) is 2.88. The van der Waals surface area contributed by atoms with Crippen LogP contribution < -0.4 is 14.8 Å². The second-order valence-corrected chi connectivity index (χ2v) is 8.32. The SMILES string of the molecule is COc1ccc(-c2cc(NC(=O)C3CCN(C(=O)c4ccc(F)cc4F)CC3)ccc2OC)cc1. The predicted molar refractivity (Wildman–Crippen MR) is 129 cm³/mol. The second-order valence-electron chi connectivity index (χ2n) is 8.32. The Morgan fingerprint density at radius 1 is 0.914 bits per heavy atom. The van der Waals surface area contributed by atoms with E-state index in [1.807, 2.05) is 30.3 Å². The Kier molecular flexibility index (Phi) is 7.29. The van der Waals surface area contributed by atoms with E-state index in [0.29, 0.717) is 43.4 Å². The highest BCUT2D eigenvalue weighted by Gasteiger charge is 2.29. The maximum absolute atomic E-state index is 14.0. The van der Waals surface area contributed by atoms with Crippen LogP contribution in [0.1, 0.15) is 23.2 Å². The fourth-order valence-corrected chi connectivity index (χ4v) is 4.20. The number of nitrogens with one attached hydrogen (secondary N) is 1. The van der Waals surface area contributed by atoms with Crippen LogP contribution in [-0.2, 0) is 4.79 Å². The third kappa shape index (κ3) is 5.42. The molecule has 1 heterocycles. The fraction of sp³-hybridized carbons (Fsp3) is 0.259. The van der Waals surface area contributed by atoms with Gasteiger partial charge in [0.15, 0.2) is 0 Å². The number of carbonyl (C=O) groups is 2. The van der Waals surface area contributed by atoms with Gasteiger partial charge in [0.05, 0.1) is 19.8 Å². The molecule has 0 aliphatic carbocycles. The Morgan fingerprint density at radius 2 is 1.63 bits per heavy atom. The minimum Gasteiger partial charge on any atom is -0.497 e. The summed E-state index contributed by atoms with van der Waals surface area (Å²) in [4.78, 5) is 27.0. The van der Waals surface area contributed by atoms with E-state index < -0.39 is 17.5 Å². The van der Waals surface area contributed by atoms with E-state index in [9.17, 15) is 18.4 Å². The smallest absolute Gasteiger partial charge is 0.256 e. The van der Waals surface area contributed by atoms with E-state index in [1.165, 1.54) is 4.90 Å². The number of hydrogen-bond donors (Lipinski definition) is 1. The van der Waals surface area contributed by atoms with Crippen molar-refractivity contribution in [3.05, 3.63) is 77.9 Å². The standard InChI is InChI=1S/C27H26F2N2O4/c1-34-21-7-3-17(4-8-21)23-16-20(6-10-25(23)35-2)30-26(32)18-11-13-31(14-12-18)27(33)22-9-5-19(28)15-24(22)29/h3-10,15-16,18H,11-14H2,1-2H3,(H,30,32). The van der Waals surface area contributed by atoms with Crippen molar-refractivity contribution in [1.29, 1.82) is 0 Å². The maximum Gasteiger partial charge on any atom is 0.256 e. The van der Waals surface area contributed by atoms with Gasteiger partial charge in [0.2, 0.25) is 5.91 Å². The molecule has 1 aliphatic rings. The van der Waals surface area contributed by atoms with Crippen LogP contribution in [0.4, 0.5) is 14.5 Å². The van der Waals surface area contributed by atoms with Crippen LogP contribution in [0.15, 0.2) is 60.7 Å². The van der Waals surface area contributed by atoms with E-state index >= 15 is 0 Å². The second kappa shape index (κ2) is 10.5. The molecular weight excluding hydrogens is 454 g/mol. The van der Waals surface area contributed by atoms with Crippen LogP contribution in [0.5, 0.6) is 11.5 Å². The zero-order valence-electron chi connectivity index (χ0n) is 19.5. The first-order valence-corrected chi connectivity index (χ1v) is 11.3. The molecule has 0 radical (unpaired) electrons. The summed E-state index contributed by atoms with van der Waals surface area (Å²) < 4.78 is 37.8. The Labute approximate surface area is 202 Å². The van der Waals surface area contributed by atoms with Gasteiger partial charge in [-0.3, -0.25) is 9.59 Å². The van der Waals surface area contributed by atoms with E-state index in [-0.39, 0.29) is 17.4 Å². The lowest BCUT2D eigenvalue weighted by atomic mass is 9.95. The molecule has 2 amide bonds. The molecular formula is C27H26F2N2O4. The van der Waals surface area contributed by atoms with Gasteiger partial charge in [0, 0.05) is 36.3 Å². The molecule has 182 valence electrons. The molecule has 3 aromatic carbocycles. The number of piperidine rings is 1. The Balaban J connectivity index is 1.41. The van der Waals surface area contributed by atoms with Crippen molar-refractivity contribution < 1.29 is 27.8 Å². The molecule has 0 saturated carbocycles. The Hall–Kier alpha value is -3.94. The molecule has 1 N–H and O–H groups in total. The lowest BCUT2D eigenvalue weighted by Crippen LogP contribution is -2.41. The van der Waals surface area contributed by atoms with Crippen LogP contribution in [0.2, 0.25) is 0 Å². The number of methoxy groups -OCH3 is 2. The van der Waals surface area contributed by atoms with Crippen LogP contribution >= 0.6 is 0 Å². The summed E-state index contributed by atoms with van der Waals surface area (Å²) in [5.74, 6) is -1.14. The number of likely N-dealkylation sites (tertiary alicyclic amines) is 1. The number of amides is 2. The van der Waals surface area contributed by atoms with E-state index in [4.69, 9.17) is 9.47 Å². The third-order valence-corrected chi connectivity index (χ3v) is 6.18. The summed E-state index contributed by atoms with van der Waals surface area (Å²) in [5, 5.41) is 2.96. The first kappa shape index (κ1) is 24.2. The van der Waals surface area contributed by atoms with Crippen molar-refractivity contribution in [2.24, 2.45) is 5.92 Å². The van der Waals surface area contributed by atoms with E-state index in [0.717, 1.165) is 29.0 Å². The van der Waals surface area contributed by atoms with Crippen molar-refractivity contribution in [3.63, 3.8) is 0 Å². The number of anilines is 1. The molecule has 8 heteroatoms. The van der Waals surface area contributed by atoms with Gasteiger partial charge in [-0.25, -0.2) is 8.78 Å². The number of benzene rings is 3. The molecule has 4 rings (SSSR count). The van der Waals surface area contributed by atoms with Crippen LogP contribution in [0, 0.1) is 17.6 Å². The number of carbonyl (C=O) groups excluding carboxylic acids is 2. The minimum atomic E-state index is -0.887. The summed E-state index contributed by atoms with van der Waals surface area (Å²) >= 11 is 0. The van der Waals surface area contributed by atoms with Gasteiger partial charge in [-0.15, -0.1) is 0 Å². The highest BCUT2D eigenvalue weighted by molar-refractivity contribution is 5.96. The quantitative estimate of drug-likeness (QED) is 0.531. The van der Waals surface area contributed by atoms with Crippen molar-refractivity contribution in [2.45, 2.75) is 12.8 Å². The van der Waals surface area contributed by atoms with Gasteiger partial charge in [0.25, 0.3) is 5.91 Å². The monoisotopic (exact) mass is 480 g/mol. The largest absolute Gasteiger partial charge is 0.497 e. The lowest BCUT2D eigenvalue weighted by molar-refractivity contribution is -0.121. The molecule has 3 aromatic rings. The molecule has 0 unspecified atom stereocenters. The van der Waals surface area contributed by atoms with Gasteiger partial charge < -0.3 is 19.7 Å². The molecule has 1 aliphatic heterocycles.